The third kappa shape index (κ3) is 5.87. The molecule has 7 nitrogen and oxygen atoms in total. The Morgan fingerprint density at radius 2 is 1.90 bits per heavy atom. The van der Waals surface area contributed by atoms with E-state index < -0.39 is 0 Å². The Balaban J connectivity index is 1.92. The molecule has 1 atom stereocenters. The summed E-state index contributed by atoms with van der Waals surface area (Å²) in [5.74, 6) is 0.867. The van der Waals surface area contributed by atoms with Gasteiger partial charge in [0.25, 0.3) is 11.8 Å². The van der Waals surface area contributed by atoms with Crippen LogP contribution in [0.1, 0.15) is 60.4 Å². The maximum absolute atomic E-state index is 13.4. The van der Waals surface area contributed by atoms with Crippen LogP contribution in [-0.4, -0.2) is 64.0 Å². The number of hydrogen-bond acceptors (Lipinski definition) is 4. The van der Waals surface area contributed by atoms with Crippen LogP contribution in [0.4, 0.5) is 0 Å². The molecule has 1 aromatic carbocycles. The second-order valence-electron chi connectivity index (χ2n) is 8.80. The third-order valence-corrected chi connectivity index (χ3v) is 5.66. The number of amides is 2. The number of aryl methyl sites for hydroxylation is 1. The first-order valence-corrected chi connectivity index (χ1v) is 11.1. The van der Waals surface area contributed by atoms with Crippen molar-refractivity contribution >= 4 is 11.8 Å². The molecule has 1 aliphatic rings. The molecule has 0 N–H and O–H groups in total. The summed E-state index contributed by atoms with van der Waals surface area (Å²) in [5, 5.41) is 0. The molecule has 2 aromatic rings. The van der Waals surface area contributed by atoms with Crippen molar-refractivity contribution in [2.45, 2.75) is 45.6 Å². The standard InChI is InChI=1S/C24H34N4O3/c1-18(2)14-19-16-31-22-11-7-6-10-20(22)23(29)27(4)12-8-5-9-13-28(19)24(30)21-15-26(3)17-25-21/h6-7,10-11,15,17-19H,5,8-9,12-14,16H2,1-4H3/t19-/m0/s1. The van der Waals surface area contributed by atoms with Crippen LogP contribution in [0.25, 0.3) is 0 Å². The van der Waals surface area contributed by atoms with Crippen molar-refractivity contribution in [3.8, 4) is 5.75 Å². The number of para-hydroxylation sites is 1. The monoisotopic (exact) mass is 426 g/mol. The van der Waals surface area contributed by atoms with E-state index in [-0.39, 0.29) is 17.9 Å². The van der Waals surface area contributed by atoms with Gasteiger partial charge in [-0.25, -0.2) is 4.98 Å². The summed E-state index contributed by atoms with van der Waals surface area (Å²) in [6.45, 7) is 5.96. The van der Waals surface area contributed by atoms with Crippen LogP contribution in [0.5, 0.6) is 5.75 Å². The van der Waals surface area contributed by atoms with Gasteiger partial charge >= 0.3 is 0 Å². The highest BCUT2D eigenvalue weighted by molar-refractivity contribution is 5.96. The van der Waals surface area contributed by atoms with Crippen LogP contribution in [0, 0.1) is 5.92 Å². The van der Waals surface area contributed by atoms with Crippen molar-refractivity contribution < 1.29 is 14.3 Å². The summed E-state index contributed by atoms with van der Waals surface area (Å²) < 4.78 is 7.98. The molecular weight excluding hydrogens is 392 g/mol. The van der Waals surface area contributed by atoms with Gasteiger partial charge in [0.15, 0.2) is 0 Å². The quantitative estimate of drug-likeness (QED) is 0.752. The summed E-state index contributed by atoms with van der Waals surface area (Å²) in [6.07, 6.45) is 6.95. The summed E-state index contributed by atoms with van der Waals surface area (Å²) in [5.41, 5.74) is 1.02. The molecule has 0 radical (unpaired) electrons. The Kier molecular flexibility index (Phi) is 7.71. The lowest BCUT2D eigenvalue weighted by Gasteiger charge is -2.32. The lowest BCUT2D eigenvalue weighted by Crippen LogP contribution is -2.45. The fourth-order valence-corrected chi connectivity index (χ4v) is 4.02. The molecule has 0 spiro atoms. The van der Waals surface area contributed by atoms with Gasteiger partial charge in [0.1, 0.15) is 18.1 Å². The average molecular weight is 427 g/mol. The predicted octanol–water partition coefficient (Wildman–Crippen LogP) is 3.61. The largest absolute Gasteiger partial charge is 0.491 e. The minimum Gasteiger partial charge on any atom is -0.491 e. The molecule has 0 fully saturated rings. The molecule has 2 heterocycles. The molecule has 0 aliphatic carbocycles. The minimum atomic E-state index is -0.101. The van der Waals surface area contributed by atoms with Crippen LogP contribution in [0.3, 0.4) is 0 Å². The van der Waals surface area contributed by atoms with Crippen LogP contribution in [0.2, 0.25) is 0 Å². The topological polar surface area (TPSA) is 67.7 Å². The summed E-state index contributed by atoms with van der Waals surface area (Å²) >= 11 is 0. The number of hydrogen-bond donors (Lipinski definition) is 0. The molecule has 2 amide bonds. The van der Waals surface area contributed by atoms with Gasteiger partial charge in [-0.1, -0.05) is 26.0 Å². The number of benzene rings is 1. The van der Waals surface area contributed by atoms with Crippen molar-refractivity contribution in [2.75, 3.05) is 26.7 Å². The maximum atomic E-state index is 13.4. The minimum absolute atomic E-state index is 0.0309. The van der Waals surface area contributed by atoms with Gasteiger partial charge in [-0.2, -0.15) is 0 Å². The number of aromatic nitrogens is 2. The van der Waals surface area contributed by atoms with E-state index in [2.05, 4.69) is 18.8 Å². The zero-order valence-electron chi connectivity index (χ0n) is 19.1. The molecule has 0 unspecified atom stereocenters. The van der Waals surface area contributed by atoms with Crippen molar-refractivity contribution in [1.29, 1.82) is 0 Å². The van der Waals surface area contributed by atoms with Gasteiger partial charge in [-0.3, -0.25) is 9.59 Å². The van der Waals surface area contributed by atoms with Crippen molar-refractivity contribution in [3.63, 3.8) is 0 Å². The number of ether oxygens (including phenoxy) is 1. The first-order chi connectivity index (χ1) is 14.9. The highest BCUT2D eigenvalue weighted by Gasteiger charge is 2.28. The van der Waals surface area contributed by atoms with Crippen LogP contribution >= 0.6 is 0 Å². The van der Waals surface area contributed by atoms with E-state index in [0.717, 1.165) is 25.7 Å². The van der Waals surface area contributed by atoms with Gasteiger partial charge in [0.2, 0.25) is 0 Å². The number of rotatable bonds is 3. The molecule has 1 aliphatic heterocycles. The highest BCUT2D eigenvalue weighted by atomic mass is 16.5. The van der Waals surface area contributed by atoms with Gasteiger partial charge in [-0.15, -0.1) is 0 Å². The van der Waals surface area contributed by atoms with Gasteiger partial charge in [0.05, 0.1) is 17.9 Å². The van der Waals surface area contributed by atoms with Crippen molar-refractivity contribution in [3.05, 3.63) is 48.0 Å². The Labute approximate surface area is 185 Å². The molecule has 3 rings (SSSR count). The van der Waals surface area contributed by atoms with Gasteiger partial charge < -0.3 is 19.1 Å². The zero-order chi connectivity index (χ0) is 22.4. The van der Waals surface area contributed by atoms with Crippen LogP contribution in [0.15, 0.2) is 36.8 Å². The molecule has 31 heavy (non-hydrogen) atoms. The maximum Gasteiger partial charge on any atom is 0.274 e. The van der Waals surface area contributed by atoms with Crippen molar-refractivity contribution in [1.82, 2.24) is 19.4 Å². The molecule has 7 heteroatoms. The van der Waals surface area contributed by atoms with E-state index in [4.69, 9.17) is 4.74 Å². The predicted molar refractivity (Wildman–Crippen MR) is 120 cm³/mol. The van der Waals surface area contributed by atoms with E-state index in [1.807, 2.05) is 43.3 Å². The third-order valence-electron chi connectivity index (χ3n) is 5.66. The van der Waals surface area contributed by atoms with Gasteiger partial charge in [-0.05, 0) is 43.7 Å². The normalized spacial score (nSPS) is 18.6. The lowest BCUT2D eigenvalue weighted by atomic mass is 10.0. The summed E-state index contributed by atoms with van der Waals surface area (Å²) in [4.78, 5) is 34.3. The first kappa shape index (κ1) is 22.8. The Hall–Kier alpha value is -2.83. The molecule has 0 bridgehead atoms. The van der Waals surface area contributed by atoms with E-state index >= 15 is 0 Å². The first-order valence-electron chi connectivity index (χ1n) is 11.1. The smallest absolute Gasteiger partial charge is 0.274 e. The number of fused-ring (bicyclic) bond motifs is 1. The Bertz CT molecular complexity index is 892. The van der Waals surface area contributed by atoms with E-state index in [1.165, 1.54) is 0 Å². The number of imidazole rings is 1. The van der Waals surface area contributed by atoms with E-state index in [1.54, 1.807) is 22.0 Å². The Morgan fingerprint density at radius 1 is 1.16 bits per heavy atom. The number of carbonyl (C=O) groups excluding carboxylic acids is 2. The van der Waals surface area contributed by atoms with Crippen molar-refractivity contribution in [2.24, 2.45) is 13.0 Å². The SMILES string of the molecule is CC(C)C[C@H]1COc2ccccc2C(=O)N(C)CCCCCN1C(=O)c1cn(C)cn1. The highest BCUT2D eigenvalue weighted by Crippen LogP contribution is 2.23. The van der Waals surface area contributed by atoms with Gasteiger partial charge in [0, 0.05) is 33.4 Å². The molecule has 0 saturated carbocycles. The summed E-state index contributed by atoms with van der Waals surface area (Å²) in [6, 6.07) is 7.27. The summed E-state index contributed by atoms with van der Waals surface area (Å²) in [7, 11) is 3.69. The molecular formula is C24H34N4O3. The molecule has 1 aromatic heterocycles. The fourth-order valence-electron chi connectivity index (χ4n) is 4.02. The second-order valence-corrected chi connectivity index (χ2v) is 8.80. The average Bonchev–Trinajstić information content (AvgIpc) is 3.18. The van der Waals surface area contributed by atoms with E-state index in [9.17, 15) is 9.59 Å². The molecule has 168 valence electrons. The van der Waals surface area contributed by atoms with Crippen LogP contribution < -0.4 is 4.74 Å². The van der Waals surface area contributed by atoms with Crippen LogP contribution in [-0.2, 0) is 7.05 Å². The lowest BCUT2D eigenvalue weighted by molar-refractivity contribution is 0.0568. The number of carbonyl (C=O) groups is 2. The number of nitrogens with zero attached hydrogens (tertiary/aromatic N) is 4. The second kappa shape index (κ2) is 10.5. The Morgan fingerprint density at radius 3 is 2.61 bits per heavy atom. The zero-order valence-corrected chi connectivity index (χ0v) is 19.1. The van der Waals surface area contributed by atoms with E-state index in [0.29, 0.717) is 42.6 Å². The molecule has 0 saturated heterocycles. The fraction of sp³-hybridized carbons (Fsp3) is 0.542.